The number of hydrogen-bond acceptors (Lipinski definition) is 3. The molecule has 0 aliphatic carbocycles. The number of aromatic nitrogens is 3. The lowest BCUT2D eigenvalue weighted by atomic mass is 9.83. The van der Waals surface area contributed by atoms with Crippen LogP contribution in [0.3, 0.4) is 0 Å². The maximum absolute atomic E-state index is 9.41. The van der Waals surface area contributed by atoms with Gasteiger partial charge in [0.05, 0.1) is 0 Å². The van der Waals surface area contributed by atoms with E-state index in [-0.39, 0.29) is 12.0 Å². The molecule has 108 valence electrons. The van der Waals surface area contributed by atoms with Crippen LogP contribution in [0.5, 0.6) is 0 Å². The molecule has 4 heteroatoms. The van der Waals surface area contributed by atoms with Gasteiger partial charge in [-0.15, -0.1) is 10.2 Å². The first-order chi connectivity index (χ1) is 9.49. The van der Waals surface area contributed by atoms with E-state index in [1.807, 2.05) is 10.6 Å². The van der Waals surface area contributed by atoms with Crippen molar-refractivity contribution in [3.8, 4) is 11.4 Å². The molecule has 1 N–H and O–H groups in total. The topological polar surface area (TPSA) is 50.9 Å². The zero-order valence-electron chi connectivity index (χ0n) is 12.7. The van der Waals surface area contributed by atoms with E-state index in [1.165, 1.54) is 5.56 Å². The number of hydrogen-bond donors (Lipinski definition) is 1. The van der Waals surface area contributed by atoms with E-state index < -0.39 is 0 Å². The summed E-state index contributed by atoms with van der Waals surface area (Å²) >= 11 is 0. The molecule has 20 heavy (non-hydrogen) atoms. The van der Waals surface area contributed by atoms with Crippen LogP contribution in [0, 0.1) is 0 Å². The van der Waals surface area contributed by atoms with Crippen LogP contribution in [0.2, 0.25) is 0 Å². The van der Waals surface area contributed by atoms with Gasteiger partial charge in [-0.05, 0) is 17.4 Å². The second-order valence-electron chi connectivity index (χ2n) is 6.05. The molecule has 2 rings (SSSR count). The summed E-state index contributed by atoms with van der Waals surface area (Å²) in [5, 5.41) is 17.8. The third-order valence-electron chi connectivity index (χ3n) is 3.39. The Bertz CT molecular complexity index is 582. The molecule has 1 aromatic heterocycles. The molecule has 0 aliphatic heterocycles. The molecule has 1 heterocycles. The summed E-state index contributed by atoms with van der Waals surface area (Å²) in [7, 11) is 0. The van der Waals surface area contributed by atoms with Gasteiger partial charge in [-0.1, -0.05) is 52.0 Å². The molecule has 0 fully saturated rings. The molecular formula is C16H23N3O. The Hall–Kier alpha value is -1.68. The van der Waals surface area contributed by atoms with E-state index in [1.54, 1.807) is 0 Å². The van der Waals surface area contributed by atoms with Crippen molar-refractivity contribution in [1.82, 2.24) is 14.8 Å². The quantitative estimate of drug-likeness (QED) is 0.931. The number of nitrogens with zero attached hydrogens (tertiary/aromatic N) is 3. The Morgan fingerprint density at radius 2 is 1.85 bits per heavy atom. The number of aliphatic hydroxyl groups excluding tert-OH is 1. The lowest BCUT2D eigenvalue weighted by Gasteiger charge is -2.22. The second-order valence-corrected chi connectivity index (χ2v) is 6.05. The van der Waals surface area contributed by atoms with E-state index >= 15 is 0 Å². The highest BCUT2D eigenvalue weighted by atomic mass is 16.3. The van der Waals surface area contributed by atoms with Gasteiger partial charge in [-0.2, -0.15) is 0 Å². The first kappa shape index (κ1) is 14.7. The zero-order valence-corrected chi connectivity index (χ0v) is 12.7. The number of rotatable bonds is 4. The molecule has 0 atom stereocenters. The van der Waals surface area contributed by atoms with Crippen molar-refractivity contribution in [3.63, 3.8) is 0 Å². The van der Waals surface area contributed by atoms with Crippen LogP contribution >= 0.6 is 0 Å². The van der Waals surface area contributed by atoms with Crippen LogP contribution < -0.4 is 0 Å². The maximum Gasteiger partial charge on any atom is 0.164 e. The van der Waals surface area contributed by atoms with Gasteiger partial charge >= 0.3 is 0 Å². The predicted molar refractivity (Wildman–Crippen MR) is 80.4 cm³/mol. The first-order valence-corrected chi connectivity index (χ1v) is 7.11. The van der Waals surface area contributed by atoms with Crippen LogP contribution in [0.25, 0.3) is 11.4 Å². The van der Waals surface area contributed by atoms with Gasteiger partial charge in [-0.25, -0.2) is 0 Å². The summed E-state index contributed by atoms with van der Waals surface area (Å²) in [6.07, 6.45) is 0.982. The molecule has 0 radical (unpaired) electrons. The van der Waals surface area contributed by atoms with Crippen LogP contribution in [0.1, 0.15) is 45.5 Å². The summed E-state index contributed by atoms with van der Waals surface area (Å²) in [6, 6.07) is 8.29. The van der Waals surface area contributed by atoms with Gasteiger partial charge in [-0.3, -0.25) is 0 Å². The van der Waals surface area contributed by atoms with E-state index in [0.717, 1.165) is 24.4 Å². The minimum Gasteiger partial charge on any atom is -0.388 e. The molecule has 2 aromatic rings. The number of aliphatic hydroxyl groups is 1. The highest BCUT2D eigenvalue weighted by molar-refractivity contribution is 5.62. The van der Waals surface area contributed by atoms with Crippen LogP contribution in [0.15, 0.2) is 24.3 Å². The van der Waals surface area contributed by atoms with Crippen LogP contribution in [0.4, 0.5) is 0 Å². The molecule has 0 unspecified atom stereocenters. The van der Waals surface area contributed by atoms with Crippen molar-refractivity contribution in [1.29, 1.82) is 0 Å². The standard InChI is InChI=1S/C16H23N3O/c1-5-10-19-14(11-20)17-18-15(19)12-8-6-7-9-13(12)16(2,3)4/h6-9,20H,5,10-11H2,1-4H3. The lowest BCUT2D eigenvalue weighted by Crippen LogP contribution is -2.14. The van der Waals surface area contributed by atoms with Crippen molar-refractivity contribution in [2.75, 3.05) is 0 Å². The smallest absolute Gasteiger partial charge is 0.164 e. The van der Waals surface area contributed by atoms with Crippen LogP contribution in [-0.4, -0.2) is 19.9 Å². The molecule has 0 saturated carbocycles. The molecule has 0 saturated heterocycles. The predicted octanol–water partition coefficient (Wildman–Crippen LogP) is 3.14. The minimum absolute atomic E-state index is 0.0406. The first-order valence-electron chi connectivity index (χ1n) is 7.11. The van der Waals surface area contributed by atoms with Gasteiger partial charge in [0.2, 0.25) is 0 Å². The lowest BCUT2D eigenvalue weighted by molar-refractivity contribution is 0.264. The van der Waals surface area contributed by atoms with Crippen LogP contribution in [-0.2, 0) is 18.6 Å². The molecule has 0 amide bonds. The van der Waals surface area contributed by atoms with E-state index in [2.05, 4.69) is 56.1 Å². The van der Waals surface area contributed by atoms with Gasteiger partial charge in [0.1, 0.15) is 6.61 Å². The average Bonchev–Trinajstić information content (AvgIpc) is 2.81. The fourth-order valence-corrected chi connectivity index (χ4v) is 2.44. The summed E-state index contributed by atoms with van der Waals surface area (Å²) in [4.78, 5) is 0. The van der Waals surface area contributed by atoms with Crippen molar-refractivity contribution in [2.45, 2.75) is 52.7 Å². The Kier molecular flexibility index (Phi) is 4.23. The normalized spacial score (nSPS) is 11.8. The van der Waals surface area contributed by atoms with E-state index in [0.29, 0.717) is 5.82 Å². The highest BCUT2D eigenvalue weighted by Crippen LogP contribution is 2.32. The molecule has 0 aliphatic rings. The summed E-state index contributed by atoms with van der Waals surface area (Å²) in [5.41, 5.74) is 2.38. The van der Waals surface area contributed by atoms with Crippen molar-refractivity contribution in [2.24, 2.45) is 0 Å². The average molecular weight is 273 g/mol. The third kappa shape index (κ3) is 2.75. The van der Waals surface area contributed by atoms with Gasteiger partial charge < -0.3 is 9.67 Å². The molecule has 0 bridgehead atoms. The Morgan fingerprint density at radius 1 is 1.15 bits per heavy atom. The molecule has 1 aromatic carbocycles. The van der Waals surface area contributed by atoms with E-state index in [4.69, 9.17) is 0 Å². The monoisotopic (exact) mass is 273 g/mol. The minimum atomic E-state index is -0.0787. The Morgan fingerprint density at radius 3 is 2.45 bits per heavy atom. The highest BCUT2D eigenvalue weighted by Gasteiger charge is 2.22. The fraction of sp³-hybridized carbons (Fsp3) is 0.500. The molecule has 0 spiro atoms. The van der Waals surface area contributed by atoms with Gasteiger partial charge in [0.25, 0.3) is 0 Å². The Balaban J connectivity index is 2.60. The third-order valence-corrected chi connectivity index (χ3v) is 3.39. The van der Waals surface area contributed by atoms with Crippen molar-refractivity contribution < 1.29 is 5.11 Å². The largest absolute Gasteiger partial charge is 0.388 e. The number of benzene rings is 1. The molecule has 4 nitrogen and oxygen atoms in total. The van der Waals surface area contributed by atoms with Crippen molar-refractivity contribution >= 4 is 0 Å². The summed E-state index contributed by atoms with van der Waals surface area (Å²) < 4.78 is 2.02. The summed E-state index contributed by atoms with van der Waals surface area (Å²) in [6.45, 7) is 9.43. The van der Waals surface area contributed by atoms with Gasteiger partial charge in [0, 0.05) is 12.1 Å². The fourth-order valence-electron chi connectivity index (χ4n) is 2.44. The Labute approximate surface area is 120 Å². The SMILES string of the molecule is CCCn1c(CO)nnc1-c1ccccc1C(C)(C)C. The molecular weight excluding hydrogens is 250 g/mol. The van der Waals surface area contributed by atoms with Crippen molar-refractivity contribution in [3.05, 3.63) is 35.7 Å². The van der Waals surface area contributed by atoms with Gasteiger partial charge in [0.15, 0.2) is 11.6 Å². The van der Waals surface area contributed by atoms with E-state index in [9.17, 15) is 5.11 Å². The second kappa shape index (κ2) is 5.75. The maximum atomic E-state index is 9.41. The summed E-state index contributed by atoms with van der Waals surface area (Å²) in [5.74, 6) is 1.48. The zero-order chi connectivity index (χ0) is 14.8.